The van der Waals surface area contributed by atoms with Crippen molar-refractivity contribution in [3.05, 3.63) is 77.4 Å². The Morgan fingerprint density at radius 2 is 1.71 bits per heavy atom. The maximum absolute atomic E-state index is 13.3. The molecule has 6 nitrogen and oxygen atoms in total. The van der Waals surface area contributed by atoms with Gasteiger partial charge in [0.1, 0.15) is 0 Å². The molecule has 2 aliphatic rings. The zero-order chi connectivity index (χ0) is 24.6. The molecule has 0 unspecified atom stereocenters. The lowest BCUT2D eigenvalue weighted by atomic mass is 9.94. The van der Waals surface area contributed by atoms with Crippen molar-refractivity contribution in [2.75, 3.05) is 18.7 Å². The molecule has 1 heterocycles. The fraction of sp³-hybridized carbons (Fsp3) is 0.310. The molecule has 1 saturated carbocycles. The number of carbonyl (C=O) groups is 2. The number of carbonyl (C=O) groups excluding carboxylic acids is 2. The third-order valence-corrected chi connectivity index (χ3v) is 6.73. The van der Waals surface area contributed by atoms with E-state index in [9.17, 15) is 9.59 Å². The minimum absolute atomic E-state index is 0. The SMILES string of the molecule is Cc1ccc(NC(=O)C2(c3ccc4c(c3)OCO4)CC2)cc1-c1ccc(C(=O)NCC(C)C)cc1.[HH].[HH]. The van der Waals surface area contributed by atoms with Crippen molar-refractivity contribution in [3.8, 4) is 22.6 Å². The maximum Gasteiger partial charge on any atom is 0.251 e. The van der Waals surface area contributed by atoms with Crippen LogP contribution in [-0.4, -0.2) is 25.2 Å². The number of aryl methyl sites for hydroxylation is 1. The van der Waals surface area contributed by atoms with Gasteiger partial charge in [-0.1, -0.05) is 38.1 Å². The van der Waals surface area contributed by atoms with Crippen molar-refractivity contribution in [1.29, 1.82) is 0 Å². The number of hydrogen-bond donors (Lipinski definition) is 2. The number of amides is 2. The highest BCUT2D eigenvalue weighted by Crippen LogP contribution is 2.51. The lowest BCUT2D eigenvalue weighted by Crippen LogP contribution is -2.27. The predicted octanol–water partition coefficient (Wildman–Crippen LogP) is 5.94. The van der Waals surface area contributed by atoms with E-state index in [1.165, 1.54) is 0 Å². The lowest BCUT2D eigenvalue weighted by molar-refractivity contribution is -0.118. The summed E-state index contributed by atoms with van der Waals surface area (Å²) >= 11 is 0. The molecule has 0 radical (unpaired) electrons. The Labute approximate surface area is 208 Å². The Morgan fingerprint density at radius 1 is 0.971 bits per heavy atom. The summed E-state index contributed by atoms with van der Waals surface area (Å²) in [5.41, 5.74) is 4.92. The number of nitrogens with one attached hydrogen (secondary N) is 2. The van der Waals surface area contributed by atoms with E-state index in [0.717, 1.165) is 46.5 Å². The molecule has 1 aliphatic heterocycles. The van der Waals surface area contributed by atoms with Gasteiger partial charge in [-0.05, 0) is 84.3 Å². The van der Waals surface area contributed by atoms with E-state index >= 15 is 0 Å². The van der Waals surface area contributed by atoms with Crippen LogP contribution in [0.4, 0.5) is 5.69 Å². The fourth-order valence-electron chi connectivity index (χ4n) is 4.43. The lowest BCUT2D eigenvalue weighted by Gasteiger charge is -2.17. The number of anilines is 1. The van der Waals surface area contributed by atoms with Crippen molar-refractivity contribution < 1.29 is 21.9 Å². The minimum atomic E-state index is -0.531. The summed E-state index contributed by atoms with van der Waals surface area (Å²) in [5, 5.41) is 6.08. The predicted molar refractivity (Wildman–Crippen MR) is 140 cm³/mol. The highest BCUT2D eigenvalue weighted by Gasteiger charge is 2.51. The van der Waals surface area contributed by atoms with Gasteiger partial charge in [-0.3, -0.25) is 9.59 Å². The molecule has 0 spiro atoms. The van der Waals surface area contributed by atoms with E-state index in [1.807, 2.05) is 67.6 Å². The minimum Gasteiger partial charge on any atom is -0.454 e. The van der Waals surface area contributed by atoms with E-state index in [-0.39, 0.29) is 21.5 Å². The van der Waals surface area contributed by atoms with E-state index < -0.39 is 5.41 Å². The largest absolute Gasteiger partial charge is 0.454 e. The summed E-state index contributed by atoms with van der Waals surface area (Å²) in [6, 6.07) is 19.3. The summed E-state index contributed by atoms with van der Waals surface area (Å²) in [7, 11) is 0. The first-order valence-corrected chi connectivity index (χ1v) is 12.1. The van der Waals surface area contributed by atoms with Crippen LogP contribution < -0.4 is 20.1 Å². The summed E-state index contributed by atoms with van der Waals surface area (Å²) in [4.78, 5) is 25.7. The summed E-state index contributed by atoms with van der Waals surface area (Å²) in [6.07, 6.45) is 1.61. The molecule has 0 atom stereocenters. The molecule has 0 saturated heterocycles. The first kappa shape index (κ1) is 23.0. The van der Waals surface area contributed by atoms with Crippen LogP contribution in [0.1, 0.15) is 51.0 Å². The Morgan fingerprint density at radius 3 is 2.43 bits per heavy atom. The monoisotopic (exact) mass is 474 g/mol. The number of hydrogen-bond acceptors (Lipinski definition) is 4. The number of fused-ring (bicyclic) bond motifs is 1. The number of benzene rings is 3. The fourth-order valence-corrected chi connectivity index (χ4v) is 4.43. The molecule has 184 valence electrons. The van der Waals surface area contributed by atoms with Crippen LogP contribution in [-0.2, 0) is 10.2 Å². The van der Waals surface area contributed by atoms with Crippen molar-refractivity contribution in [2.45, 2.75) is 39.0 Å². The Kier molecular flexibility index (Phi) is 5.97. The van der Waals surface area contributed by atoms with E-state index in [0.29, 0.717) is 23.8 Å². The van der Waals surface area contributed by atoms with Gasteiger partial charge < -0.3 is 20.1 Å². The smallest absolute Gasteiger partial charge is 0.251 e. The topological polar surface area (TPSA) is 76.7 Å². The zero-order valence-corrected chi connectivity index (χ0v) is 20.3. The van der Waals surface area contributed by atoms with Crippen molar-refractivity contribution in [1.82, 2.24) is 5.32 Å². The highest BCUT2D eigenvalue weighted by molar-refractivity contribution is 6.02. The van der Waals surface area contributed by atoms with Gasteiger partial charge in [-0.25, -0.2) is 0 Å². The molecular weight excluding hydrogens is 440 g/mol. The summed E-state index contributed by atoms with van der Waals surface area (Å²) in [5.74, 6) is 1.74. The van der Waals surface area contributed by atoms with Gasteiger partial charge in [0.25, 0.3) is 5.91 Å². The van der Waals surface area contributed by atoms with E-state index in [4.69, 9.17) is 9.47 Å². The van der Waals surface area contributed by atoms with Crippen LogP contribution in [0.5, 0.6) is 11.5 Å². The molecule has 5 rings (SSSR count). The van der Waals surface area contributed by atoms with Crippen LogP contribution in [0.25, 0.3) is 11.1 Å². The molecule has 2 N–H and O–H groups in total. The third-order valence-electron chi connectivity index (χ3n) is 6.73. The van der Waals surface area contributed by atoms with Gasteiger partial charge in [0, 0.05) is 20.6 Å². The van der Waals surface area contributed by atoms with Crippen LogP contribution in [0, 0.1) is 12.8 Å². The van der Waals surface area contributed by atoms with E-state index in [2.05, 4.69) is 24.5 Å². The highest BCUT2D eigenvalue weighted by atomic mass is 16.7. The van der Waals surface area contributed by atoms with Crippen molar-refractivity contribution in [2.24, 2.45) is 5.92 Å². The molecule has 6 heteroatoms. The van der Waals surface area contributed by atoms with Crippen LogP contribution in [0.3, 0.4) is 0 Å². The van der Waals surface area contributed by atoms with Gasteiger partial charge in [0.05, 0.1) is 5.41 Å². The van der Waals surface area contributed by atoms with Gasteiger partial charge in [-0.15, -0.1) is 0 Å². The van der Waals surface area contributed by atoms with Crippen LogP contribution in [0.15, 0.2) is 60.7 Å². The van der Waals surface area contributed by atoms with E-state index in [1.54, 1.807) is 0 Å². The van der Waals surface area contributed by atoms with Gasteiger partial charge in [-0.2, -0.15) is 0 Å². The van der Waals surface area contributed by atoms with Crippen LogP contribution >= 0.6 is 0 Å². The Bertz CT molecular complexity index is 1290. The molecule has 1 fully saturated rings. The second-order valence-corrected chi connectivity index (χ2v) is 9.82. The zero-order valence-electron chi connectivity index (χ0n) is 20.3. The average molecular weight is 475 g/mol. The van der Waals surface area contributed by atoms with Gasteiger partial charge in [0.2, 0.25) is 12.7 Å². The first-order valence-electron chi connectivity index (χ1n) is 12.1. The third kappa shape index (κ3) is 4.61. The van der Waals surface area contributed by atoms with Crippen molar-refractivity contribution >= 4 is 17.5 Å². The molecule has 35 heavy (non-hydrogen) atoms. The Balaban J connectivity index is 0.00000190. The standard InChI is InChI=1S/C29H30N2O4.2H2/c1-18(2)16-30-27(32)21-7-5-20(6-8-21)24-15-23(10-4-19(24)3)31-28(33)29(12-13-29)22-9-11-25-26(14-22)35-17-34-25;;/h4-11,14-15,18H,12-13,16-17H2,1-3H3,(H,30,32)(H,31,33);2*1H. The molecule has 1 aliphatic carbocycles. The maximum atomic E-state index is 13.3. The quantitative estimate of drug-likeness (QED) is 0.444. The second kappa shape index (κ2) is 9.10. The molecular formula is C29H34N2O4. The van der Waals surface area contributed by atoms with Crippen molar-refractivity contribution in [3.63, 3.8) is 0 Å². The molecule has 0 aromatic heterocycles. The Hall–Kier alpha value is -3.80. The molecule has 0 bridgehead atoms. The summed E-state index contributed by atoms with van der Waals surface area (Å²) in [6.45, 7) is 7.04. The average Bonchev–Trinajstić information content (AvgIpc) is 3.54. The van der Waals surface area contributed by atoms with Gasteiger partial charge in [0.15, 0.2) is 11.5 Å². The number of ether oxygens (including phenoxy) is 2. The normalized spacial score (nSPS) is 15.1. The number of rotatable bonds is 7. The molecule has 2 amide bonds. The molecule has 3 aromatic carbocycles. The summed E-state index contributed by atoms with van der Waals surface area (Å²) < 4.78 is 10.9. The van der Waals surface area contributed by atoms with Crippen LogP contribution in [0.2, 0.25) is 0 Å². The molecule has 3 aromatic rings. The first-order chi connectivity index (χ1) is 16.9. The second-order valence-electron chi connectivity index (χ2n) is 9.82. The van der Waals surface area contributed by atoms with Gasteiger partial charge >= 0.3 is 0 Å².